The first kappa shape index (κ1) is 15.6. The fourth-order valence-corrected chi connectivity index (χ4v) is 4.24. The lowest BCUT2D eigenvalue weighted by atomic mass is 10.0. The van der Waals surface area contributed by atoms with E-state index >= 15 is 0 Å². The number of anilines is 1. The predicted molar refractivity (Wildman–Crippen MR) is 86.4 cm³/mol. The standard InChI is InChI=1S/C14H13N5O2S2/c1-7-12(23-18-17-7)13(21)16-14-10(5-15)9-3-4-19(8(2)20)6-11(9)22-14/h3-4,6H2,1-2H3,(H,16,21). The second-order valence-electron chi connectivity index (χ2n) is 5.15. The summed E-state index contributed by atoms with van der Waals surface area (Å²) < 4.78 is 3.75. The summed E-state index contributed by atoms with van der Waals surface area (Å²) in [5, 5.41) is 16.6. The molecule has 9 heteroatoms. The van der Waals surface area contributed by atoms with Crippen molar-refractivity contribution >= 4 is 39.7 Å². The molecule has 1 aliphatic heterocycles. The van der Waals surface area contributed by atoms with Crippen LogP contribution in [0.2, 0.25) is 0 Å². The molecule has 2 aromatic rings. The van der Waals surface area contributed by atoms with E-state index < -0.39 is 0 Å². The summed E-state index contributed by atoms with van der Waals surface area (Å²) in [6, 6.07) is 2.18. The zero-order valence-electron chi connectivity index (χ0n) is 12.5. The summed E-state index contributed by atoms with van der Waals surface area (Å²) in [6.45, 7) is 4.33. The van der Waals surface area contributed by atoms with Gasteiger partial charge in [-0.25, -0.2) is 0 Å². The zero-order chi connectivity index (χ0) is 16.6. The van der Waals surface area contributed by atoms with Crippen molar-refractivity contribution in [3.8, 4) is 6.07 Å². The van der Waals surface area contributed by atoms with Crippen LogP contribution in [0, 0.1) is 18.3 Å². The number of aromatic nitrogens is 2. The number of amides is 2. The van der Waals surface area contributed by atoms with Crippen molar-refractivity contribution in [2.45, 2.75) is 26.8 Å². The molecule has 0 unspecified atom stereocenters. The van der Waals surface area contributed by atoms with E-state index in [9.17, 15) is 14.9 Å². The molecule has 2 aromatic heterocycles. The van der Waals surface area contributed by atoms with Gasteiger partial charge >= 0.3 is 0 Å². The van der Waals surface area contributed by atoms with Gasteiger partial charge in [-0.05, 0) is 30.4 Å². The Kier molecular flexibility index (Phi) is 4.11. The Bertz CT molecular complexity index is 833. The van der Waals surface area contributed by atoms with Crippen molar-refractivity contribution in [2.24, 2.45) is 0 Å². The van der Waals surface area contributed by atoms with Crippen molar-refractivity contribution in [1.29, 1.82) is 5.26 Å². The van der Waals surface area contributed by atoms with Crippen LogP contribution < -0.4 is 5.32 Å². The molecule has 0 aromatic carbocycles. The molecule has 0 spiro atoms. The second kappa shape index (κ2) is 6.06. The van der Waals surface area contributed by atoms with Crippen LogP contribution >= 0.6 is 22.9 Å². The quantitative estimate of drug-likeness (QED) is 0.895. The Hall–Kier alpha value is -2.31. The molecule has 118 valence electrons. The number of fused-ring (bicyclic) bond motifs is 1. The van der Waals surface area contributed by atoms with E-state index in [4.69, 9.17) is 0 Å². The number of aryl methyl sites for hydroxylation is 1. The lowest BCUT2D eigenvalue weighted by Crippen LogP contribution is -2.33. The predicted octanol–water partition coefficient (Wildman–Crippen LogP) is 1.94. The minimum Gasteiger partial charge on any atom is -0.337 e. The van der Waals surface area contributed by atoms with Gasteiger partial charge in [-0.15, -0.1) is 16.4 Å². The molecule has 0 aliphatic carbocycles. The number of rotatable bonds is 2. The number of carbonyl (C=O) groups is 2. The summed E-state index contributed by atoms with van der Waals surface area (Å²) in [7, 11) is 0. The summed E-state index contributed by atoms with van der Waals surface area (Å²) in [6.07, 6.45) is 0.630. The molecule has 0 bridgehead atoms. The third-order valence-corrected chi connectivity index (χ3v) is 5.66. The van der Waals surface area contributed by atoms with Gasteiger partial charge in [0.1, 0.15) is 15.9 Å². The maximum absolute atomic E-state index is 12.3. The molecule has 1 N–H and O–H groups in total. The molecule has 1 aliphatic rings. The van der Waals surface area contributed by atoms with Gasteiger partial charge in [0, 0.05) is 18.3 Å². The van der Waals surface area contributed by atoms with E-state index in [-0.39, 0.29) is 11.8 Å². The molecule has 7 nitrogen and oxygen atoms in total. The van der Waals surface area contributed by atoms with Gasteiger partial charge in [-0.1, -0.05) is 4.49 Å². The first-order valence-corrected chi connectivity index (χ1v) is 8.50. The Morgan fingerprint density at radius 3 is 2.83 bits per heavy atom. The molecule has 0 fully saturated rings. The maximum Gasteiger partial charge on any atom is 0.269 e. The Balaban J connectivity index is 1.90. The summed E-state index contributed by atoms with van der Waals surface area (Å²) in [5.74, 6) is -0.296. The first-order valence-electron chi connectivity index (χ1n) is 6.91. The molecule has 2 amide bonds. The van der Waals surface area contributed by atoms with E-state index in [1.54, 1.807) is 11.8 Å². The SMILES string of the molecule is CC(=O)N1CCc2c(sc(NC(=O)c3snnc3C)c2C#N)C1. The lowest BCUT2D eigenvalue weighted by molar-refractivity contribution is -0.129. The van der Waals surface area contributed by atoms with Crippen molar-refractivity contribution in [1.82, 2.24) is 14.5 Å². The fourth-order valence-electron chi connectivity index (χ4n) is 2.48. The highest BCUT2D eigenvalue weighted by Gasteiger charge is 2.27. The van der Waals surface area contributed by atoms with Crippen LogP contribution in [0.25, 0.3) is 0 Å². The van der Waals surface area contributed by atoms with Gasteiger partial charge in [0.05, 0.1) is 17.8 Å². The average molecular weight is 347 g/mol. The molecule has 0 radical (unpaired) electrons. The van der Waals surface area contributed by atoms with Crippen molar-refractivity contribution in [3.05, 3.63) is 26.6 Å². The Morgan fingerprint density at radius 2 is 2.22 bits per heavy atom. The smallest absolute Gasteiger partial charge is 0.269 e. The van der Waals surface area contributed by atoms with E-state index in [1.807, 2.05) is 0 Å². The minimum atomic E-state index is -0.309. The number of carbonyl (C=O) groups excluding carboxylic acids is 2. The monoisotopic (exact) mass is 347 g/mol. The van der Waals surface area contributed by atoms with Gasteiger partial charge in [-0.2, -0.15) is 5.26 Å². The second-order valence-corrected chi connectivity index (χ2v) is 7.01. The van der Waals surface area contributed by atoms with Gasteiger partial charge < -0.3 is 10.2 Å². The number of nitriles is 1. The van der Waals surface area contributed by atoms with Gasteiger partial charge in [-0.3, -0.25) is 9.59 Å². The summed E-state index contributed by atoms with van der Waals surface area (Å²) >= 11 is 2.38. The number of hydrogen-bond donors (Lipinski definition) is 1. The van der Waals surface area contributed by atoms with Crippen LogP contribution in [-0.2, 0) is 17.8 Å². The number of nitrogens with one attached hydrogen (secondary N) is 1. The van der Waals surface area contributed by atoms with E-state index in [2.05, 4.69) is 21.0 Å². The maximum atomic E-state index is 12.3. The van der Waals surface area contributed by atoms with Crippen molar-refractivity contribution in [2.75, 3.05) is 11.9 Å². The summed E-state index contributed by atoms with van der Waals surface area (Å²) in [4.78, 5) is 27.0. The van der Waals surface area contributed by atoms with Crippen LogP contribution in [0.4, 0.5) is 5.00 Å². The van der Waals surface area contributed by atoms with Crippen LogP contribution in [0.1, 0.15) is 38.3 Å². The first-order chi connectivity index (χ1) is 11.0. The average Bonchev–Trinajstić information content (AvgIpc) is 3.09. The van der Waals surface area contributed by atoms with Crippen LogP contribution in [0.5, 0.6) is 0 Å². The molecule has 23 heavy (non-hydrogen) atoms. The largest absolute Gasteiger partial charge is 0.337 e. The fraction of sp³-hybridized carbons (Fsp3) is 0.357. The normalized spacial score (nSPS) is 13.3. The Labute approximate surface area is 140 Å². The van der Waals surface area contributed by atoms with E-state index in [0.717, 1.165) is 22.0 Å². The highest BCUT2D eigenvalue weighted by Crippen LogP contribution is 2.37. The summed E-state index contributed by atoms with van der Waals surface area (Å²) in [5.41, 5.74) is 2.00. The van der Waals surface area contributed by atoms with Crippen LogP contribution in [0.15, 0.2) is 0 Å². The molecule has 3 rings (SSSR count). The third kappa shape index (κ3) is 2.83. The number of hydrogen-bond acceptors (Lipinski definition) is 7. The minimum absolute atomic E-state index is 0.0134. The highest BCUT2D eigenvalue weighted by molar-refractivity contribution is 7.17. The third-order valence-electron chi connectivity index (χ3n) is 3.70. The van der Waals surface area contributed by atoms with Crippen molar-refractivity contribution < 1.29 is 9.59 Å². The Morgan fingerprint density at radius 1 is 1.43 bits per heavy atom. The van der Waals surface area contributed by atoms with Crippen LogP contribution in [-0.4, -0.2) is 32.8 Å². The topological polar surface area (TPSA) is 99.0 Å². The highest BCUT2D eigenvalue weighted by atomic mass is 32.1. The molecule has 0 saturated carbocycles. The number of thiophene rings is 1. The van der Waals surface area contributed by atoms with Gasteiger partial charge in [0.2, 0.25) is 5.91 Å². The van der Waals surface area contributed by atoms with Gasteiger partial charge in [0.15, 0.2) is 0 Å². The van der Waals surface area contributed by atoms with E-state index in [1.165, 1.54) is 18.3 Å². The number of nitrogens with zero attached hydrogens (tertiary/aromatic N) is 4. The molecular weight excluding hydrogens is 334 g/mol. The van der Waals surface area contributed by atoms with E-state index in [0.29, 0.717) is 40.6 Å². The molecule has 0 saturated heterocycles. The van der Waals surface area contributed by atoms with Crippen LogP contribution in [0.3, 0.4) is 0 Å². The molecular formula is C14H13N5O2S2. The zero-order valence-corrected chi connectivity index (χ0v) is 14.2. The molecule has 3 heterocycles. The van der Waals surface area contributed by atoms with Gasteiger partial charge in [0.25, 0.3) is 5.91 Å². The lowest BCUT2D eigenvalue weighted by Gasteiger charge is -2.25. The molecule has 0 atom stereocenters. The van der Waals surface area contributed by atoms with Crippen molar-refractivity contribution in [3.63, 3.8) is 0 Å².